The quantitative estimate of drug-likeness (QED) is 0.493. The number of nitrogens with two attached hydrogens (primary N) is 1. The molecule has 4 rings (SSSR count). The number of amides is 1. The van der Waals surface area contributed by atoms with Gasteiger partial charge >= 0.3 is 6.61 Å². The number of hydrogen-bond acceptors (Lipinski definition) is 5. The van der Waals surface area contributed by atoms with Crippen LogP contribution in [0.4, 0.5) is 13.2 Å². The predicted octanol–water partition coefficient (Wildman–Crippen LogP) is 3.72. The molecule has 1 aliphatic carbocycles. The summed E-state index contributed by atoms with van der Waals surface area (Å²) in [6.07, 6.45) is 2.06. The van der Waals surface area contributed by atoms with E-state index in [4.69, 9.17) is 15.2 Å². The van der Waals surface area contributed by atoms with Crippen LogP contribution in [0.5, 0.6) is 5.75 Å². The van der Waals surface area contributed by atoms with Crippen molar-refractivity contribution in [3.05, 3.63) is 64.5 Å². The molecule has 2 N–H and O–H groups in total. The normalized spacial score (nSPS) is 19.8. The molecule has 9 heteroatoms. The van der Waals surface area contributed by atoms with Gasteiger partial charge in [0.15, 0.2) is 11.5 Å². The molecule has 1 aliphatic heterocycles. The topological polar surface area (TPSA) is 77.2 Å². The molecule has 0 spiro atoms. The molecular weight excluding hydrogens is 447 g/mol. The minimum Gasteiger partial charge on any atom is -0.435 e. The first-order valence-corrected chi connectivity index (χ1v) is 10.8. The highest BCUT2D eigenvalue weighted by Crippen LogP contribution is 2.48. The van der Waals surface area contributed by atoms with Crippen molar-refractivity contribution in [1.82, 2.24) is 4.90 Å². The van der Waals surface area contributed by atoms with Crippen LogP contribution in [0.25, 0.3) is 0 Å². The predicted molar refractivity (Wildman–Crippen MR) is 120 cm³/mol. The first-order chi connectivity index (χ1) is 16.3. The Morgan fingerprint density at radius 3 is 2.56 bits per heavy atom. The number of halogens is 3. The Kier molecular flexibility index (Phi) is 6.53. The number of carbonyl (C=O) groups excluding carboxylic acids is 1. The van der Waals surface area contributed by atoms with Crippen LogP contribution in [0.1, 0.15) is 47.4 Å². The number of methoxy groups -OCH3 is 1. The van der Waals surface area contributed by atoms with Gasteiger partial charge in [0, 0.05) is 20.6 Å². The molecule has 1 heterocycles. The number of rotatable bonds is 7. The molecule has 0 unspecified atom stereocenters. The van der Waals surface area contributed by atoms with Crippen molar-refractivity contribution in [3.8, 4) is 17.6 Å². The Balaban J connectivity index is 1.86. The highest BCUT2D eigenvalue weighted by atomic mass is 19.3. The fourth-order valence-corrected chi connectivity index (χ4v) is 4.03. The van der Waals surface area contributed by atoms with E-state index in [2.05, 4.69) is 16.8 Å². The molecule has 34 heavy (non-hydrogen) atoms. The van der Waals surface area contributed by atoms with Crippen LogP contribution < -0.4 is 10.5 Å². The SMILES string of the molecule is COCCC#Cc1cc([C@@]2(c3ccc(OC(F)F)c(C4CC4)c3)N=C(N)N(C)C2=O)ccc1F. The molecule has 2 aromatic carbocycles. The Hall–Kier alpha value is -3.51. The largest absolute Gasteiger partial charge is 0.435 e. The van der Waals surface area contributed by atoms with Crippen LogP contribution in [0.2, 0.25) is 0 Å². The summed E-state index contributed by atoms with van der Waals surface area (Å²) < 4.78 is 50.1. The average Bonchev–Trinajstić information content (AvgIpc) is 3.62. The first kappa shape index (κ1) is 23.6. The van der Waals surface area contributed by atoms with E-state index in [0.717, 1.165) is 12.8 Å². The Bertz CT molecular complexity index is 1200. The lowest BCUT2D eigenvalue weighted by Crippen LogP contribution is -2.41. The van der Waals surface area contributed by atoms with E-state index in [0.29, 0.717) is 29.7 Å². The molecule has 1 fully saturated rings. The molecule has 0 bridgehead atoms. The van der Waals surface area contributed by atoms with Crippen molar-refractivity contribution in [2.75, 3.05) is 20.8 Å². The van der Waals surface area contributed by atoms with Crippen molar-refractivity contribution < 1.29 is 27.4 Å². The van der Waals surface area contributed by atoms with Gasteiger partial charge in [0.25, 0.3) is 5.91 Å². The number of carbonyl (C=O) groups is 1. The van der Waals surface area contributed by atoms with Crippen LogP contribution in [0.15, 0.2) is 41.4 Å². The van der Waals surface area contributed by atoms with E-state index in [-0.39, 0.29) is 23.2 Å². The van der Waals surface area contributed by atoms with Crippen LogP contribution in [0, 0.1) is 17.7 Å². The second-order valence-corrected chi connectivity index (χ2v) is 8.19. The third-order valence-corrected chi connectivity index (χ3v) is 5.94. The summed E-state index contributed by atoms with van der Waals surface area (Å²) in [6.45, 7) is -2.57. The number of guanidine groups is 1. The molecule has 6 nitrogen and oxygen atoms in total. The highest BCUT2D eigenvalue weighted by Gasteiger charge is 2.50. The maximum atomic E-state index is 14.5. The van der Waals surface area contributed by atoms with Gasteiger partial charge in [-0.25, -0.2) is 9.38 Å². The van der Waals surface area contributed by atoms with Crippen LogP contribution in [-0.2, 0) is 15.1 Å². The fraction of sp³-hybridized carbons (Fsp3) is 0.360. The van der Waals surface area contributed by atoms with E-state index in [1.165, 1.54) is 42.3 Å². The Labute approximate surface area is 195 Å². The Morgan fingerprint density at radius 2 is 1.94 bits per heavy atom. The van der Waals surface area contributed by atoms with Crippen molar-refractivity contribution >= 4 is 11.9 Å². The molecule has 178 valence electrons. The highest BCUT2D eigenvalue weighted by molar-refractivity contribution is 6.09. The number of likely N-dealkylation sites (N-methyl/N-ethyl adjacent to an activating group) is 1. The molecular formula is C25H24F3N3O3. The fourth-order valence-electron chi connectivity index (χ4n) is 4.03. The molecule has 0 saturated heterocycles. The number of hydrogen-bond donors (Lipinski definition) is 1. The van der Waals surface area contributed by atoms with Crippen molar-refractivity contribution in [2.24, 2.45) is 10.7 Å². The number of alkyl halides is 2. The molecule has 0 radical (unpaired) electrons. The minimum absolute atomic E-state index is 0.0112. The van der Waals surface area contributed by atoms with Gasteiger partial charge in [-0.05, 0) is 59.7 Å². The molecule has 2 aromatic rings. The molecule has 0 aromatic heterocycles. The second kappa shape index (κ2) is 9.39. The zero-order valence-corrected chi connectivity index (χ0v) is 18.8. The van der Waals surface area contributed by atoms with Gasteiger partial charge in [0.2, 0.25) is 0 Å². The lowest BCUT2D eigenvalue weighted by atomic mass is 9.81. The average molecular weight is 471 g/mol. The van der Waals surface area contributed by atoms with Gasteiger partial charge < -0.3 is 15.2 Å². The van der Waals surface area contributed by atoms with Gasteiger partial charge in [-0.1, -0.05) is 24.0 Å². The van der Waals surface area contributed by atoms with E-state index < -0.39 is 23.9 Å². The Morgan fingerprint density at radius 1 is 1.24 bits per heavy atom. The lowest BCUT2D eigenvalue weighted by molar-refractivity contribution is -0.129. The third-order valence-electron chi connectivity index (χ3n) is 5.94. The van der Waals surface area contributed by atoms with Crippen LogP contribution >= 0.6 is 0 Å². The summed E-state index contributed by atoms with van der Waals surface area (Å²) >= 11 is 0. The number of nitrogens with zero attached hydrogens (tertiary/aromatic N) is 2. The van der Waals surface area contributed by atoms with E-state index in [1.54, 1.807) is 13.2 Å². The van der Waals surface area contributed by atoms with E-state index in [9.17, 15) is 18.0 Å². The summed E-state index contributed by atoms with van der Waals surface area (Å²) in [7, 11) is 3.04. The monoisotopic (exact) mass is 471 g/mol. The summed E-state index contributed by atoms with van der Waals surface area (Å²) in [5.41, 5.74) is 5.89. The number of ether oxygens (including phenoxy) is 2. The number of benzene rings is 2. The van der Waals surface area contributed by atoms with Gasteiger partial charge in [-0.15, -0.1) is 0 Å². The van der Waals surface area contributed by atoms with Crippen LogP contribution in [0.3, 0.4) is 0 Å². The maximum Gasteiger partial charge on any atom is 0.387 e. The van der Waals surface area contributed by atoms with Gasteiger partial charge in [0.05, 0.1) is 12.2 Å². The smallest absolute Gasteiger partial charge is 0.387 e. The molecule has 2 aliphatic rings. The molecule has 1 saturated carbocycles. The van der Waals surface area contributed by atoms with E-state index >= 15 is 0 Å². The zero-order valence-electron chi connectivity index (χ0n) is 18.8. The third kappa shape index (κ3) is 4.33. The number of aliphatic imine (C=N–C) groups is 1. The minimum atomic E-state index is -2.97. The van der Waals surface area contributed by atoms with Crippen LogP contribution in [-0.4, -0.2) is 44.1 Å². The lowest BCUT2D eigenvalue weighted by Gasteiger charge is -2.27. The molecule has 1 amide bonds. The van der Waals surface area contributed by atoms with Gasteiger partial charge in [0.1, 0.15) is 11.6 Å². The van der Waals surface area contributed by atoms with Gasteiger partial charge in [-0.3, -0.25) is 9.69 Å². The van der Waals surface area contributed by atoms with Crippen molar-refractivity contribution in [2.45, 2.75) is 37.3 Å². The summed E-state index contributed by atoms with van der Waals surface area (Å²) in [5.74, 6) is 4.74. The summed E-state index contributed by atoms with van der Waals surface area (Å²) in [6, 6.07) is 8.77. The molecule has 1 atom stereocenters. The maximum absolute atomic E-state index is 14.5. The standard InChI is InChI=1S/C25H24F3N3O3/c1-31-22(32)25(30-24(31)29,17-8-10-20(26)16(13-17)5-3-4-12-33-2)18-9-11-21(34-23(27)28)19(14-18)15-6-7-15/h8-11,13-15,23H,4,6-7,12H2,1-2H3,(H2,29,30)/t25-/m0/s1. The summed E-state index contributed by atoms with van der Waals surface area (Å²) in [4.78, 5) is 19.2. The first-order valence-electron chi connectivity index (χ1n) is 10.8. The second-order valence-electron chi connectivity index (χ2n) is 8.19. The van der Waals surface area contributed by atoms with Crippen molar-refractivity contribution in [3.63, 3.8) is 0 Å². The zero-order chi connectivity index (χ0) is 24.5. The summed E-state index contributed by atoms with van der Waals surface area (Å²) in [5, 5.41) is 0. The van der Waals surface area contributed by atoms with E-state index in [1.807, 2.05) is 0 Å². The van der Waals surface area contributed by atoms with Crippen molar-refractivity contribution in [1.29, 1.82) is 0 Å². The van der Waals surface area contributed by atoms with Gasteiger partial charge in [-0.2, -0.15) is 8.78 Å².